The second-order valence-electron chi connectivity index (χ2n) is 3.26. The Morgan fingerprint density at radius 3 is 2.15 bits per heavy atom. The van der Waals surface area contributed by atoms with Gasteiger partial charge in [-0.25, -0.2) is 4.79 Å². The van der Waals surface area contributed by atoms with Gasteiger partial charge < -0.3 is 5.11 Å². The average Bonchev–Trinajstić information content (AvgIpc) is 1.81. The van der Waals surface area contributed by atoms with Crippen molar-refractivity contribution in [3.8, 4) is 0 Å². The molecule has 1 atom stereocenters. The Labute approximate surface area is 77.8 Å². The maximum absolute atomic E-state index is 10.6. The lowest BCUT2D eigenvalue weighted by Crippen LogP contribution is -2.28. The summed E-state index contributed by atoms with van der Waals surface area (Å²) in [5.74, 6) is -1.18. The van der Waals surface area contributed by atoms with Crippen LogP contribution in [0.3, 0.4) is 0 Å². The summed E-state index contributed by atoms with van der Waals surface area (Å²) in [6.45, 7) is 3.59. The Morgan fingerprint density at radius 2 is 1.92 bits per heavy atom. The largest absolute Gasteiger partial charge is 0.479 e. The molecule has 0 saturated heterocycles. The summed E-state index contributed by atoms with van der Waals surface area (Å²) >= 11 is 0. The van der Waals surface area contributed by atoms with Crippen LogP contribution >= 0.6 is 0 Å². The Balaban J connectivity index is 4.37. The van der Waals surface area contributed by atoms with Crippen molar-refractivity contribution in [2.75, 3.05) is 6.26 Å². The first-order valence-electron chi connectivity index (χ1n) is 3.83. The minimum Gasteiger partial charge on any atom is -0.479 e. The van der Waals surface area contributed by atoms with Crippen LogP contribution in [0.1, 0.15) is 20.3 Å². The first kappa shape index (κ1) is 12.4. The van der Waals surface area contributed by atoms with E-state index in [2.05, 4.69) is 4.18 Å². The standard InChI is InChI=1S/C7H14O5S/c1-5(2)4-6(7(8)9)12-13(3,10)11/h5-6H,4H2,1-3H3,(H,8,9). The second kappa shape index (κ2) is 4.57. The minimum absolute atomic E-state index is 0.0721. The summed E-state index contributed by atoms with van der Waals surface area (Å²) in [6, 6.07) is 0. The SMILES string of the molecule is CC(C)CC(OS(C)(=O)=O)C(=O)O. The first-order valence-corrected chi connectivity index (χ1v) is 5.65. The van der Waals surface area contributed by atoms with Crippen molar-refractivity contribution in [1.82, 2.24) is 0 Å². The molecule has 0 aliphatic rings. The molecule has 0 rings (SSSR count). The van der Waals surface area contributed by atoms with E-state index in [1.54, 1.807) is 13.8 Å². The van der Waals surface area contributed by atoms with E-state index in [1.165, 1.54) is 0 Å². The average molecular weight is 210 g/mol. The highest BCUT2D eigenvalue weighted by Crippen LogP contribution is 2.10. The highest BCUT2D eigenvalue weighted by molar-refractivity contribution is 7.86. The van der Waals surface area contributed by atoms with Crippen LogP contribution in [0.5, 0.6) is 0 Å². The van der Waals surface area contributed by atoms with Crippen LogP contribution in [0.25, 0.3) is 0 Å². The Hall–Kier alpha value is -0.620. The molecule has 0 aliphatic heterocycles. The summed E-state index contributed by atoms with van der Waals surface area (Å²) in [5, 5.41) is 8.60. The van der Waals surface area contributed by atoms with E-state index < -0.39 is 22.2 Å². The van der Waals surface area contributed by atoms with E-state index in [0.29, 0.717) is 0 Å². The van der Waals surface area contributed by atoms with Crippen LogP contribution in [-0.4, -0.2) is 31.9 Å². The molecule has 6 heteroatoms. The number of hydrogen-bond donors (Lipinski definition) is 1. The molecular weight excluding hydrogens is 196 g/mol. The topological polar surface area (TPSA) is 80.7 Å². The molecule has 1 N–H and O–H groups in total. The number of carbonyl (C=O) groups is 1. The summed E-state index contributed by atoms with van der Waals surface area (Å²) in [5.41, 5.74) is 0. The van der Waals surface area contributed by atoms with E-state index in [4.69, 9.17) is 5.11 Å². The molecule has 0 bridgehead atoms. The first-order chi connectivity index (χ1) is 5.72. The van der Waals surface area contributed by atoms with E-state index in [-0.39, 0.29) is 12.3 Å². The predicted octanol–water partition coefficient (Wildman–Crippen LogP) is 0.462. The van der Waals surface area contributed by atoms with E-state index in [1.807, 2.05) is 0 Å². The molecule has 0 spiro atoms. The van der Waals surface area contributed by atoms with Crippen molar-refractivity contribution in [3.63, 3.8) is 0 Å². The second-order valence-corrected chi connectivity index (χ2v) is 4.86. The zero-order chi connectivity index (χ0) is 10.6. The Bertz CT molecular complexity index is 267. The lowest BCUT2D eigenvalue weighted by atomic mass is 10.1. The highest BCUT2D eigenvalue weighted by Gasteiger charge is 2.23. The van der Waals surface area contributed by atoms with Crippen LogP contribution in [0.2, 0.25) is 0 Å². The van der Waals surface area contributed by atoms with Gasteiger partial charge in [0, 0.05) is 0 Å². The molecule has 0 radical (unpaired) electrons. The maximum atomic E-state index is 10.6. The molecular formula is C7H14O5S. The van der Waals surface area contributed by atoms with Crippen LogP contribution in [-0.2, 0) is 19.1 Å². The molecule has 0 aromatic rings. The third-order valence-electron chi connectivity index (χ3n) is 1.25. The van der Waals surface area contributed by atoms with E-state index >= 15 is 0 Å². The summed E-state index contributed by atoms with van der Waals surface area (Å²) < 4.78 is 25.7. The molecule has 0 fully saturated rings. The Kier molecular flexibility index (Phi) is 4.35. The van der Waals surface area contributed by atoms with Gasteiger partial charge in [0.15, 0.2) is 6.10 Å². The minimum atomic E-state index is -3.69. The van der Waals surface area contributed by atoms with Crippen LogP contribution in [0.4, 0.5) is 0 Å². The maximum Gasteiger partial charge on any atom is 0.334 e. The molecule has 0 aromatic carbocycles. The van der Waals surface area contributed by atoms with Crippen molar-refractivity contribution >= 4 is 16.1 Å². The smallest absolute Gasteiger partial charge is 0.334 e. The molecule has 0 aromatic heterocycles. The van der Waals surface area contributed by atoms with Crippen molar-refractivity contribution in [2.24, 2.45) is 5.92 Å². The van der Waals surface area contributed by atoms with Crippen LogP contribution < -0.4 is 0 Å². The molecule has 78 valence electrons. The third-order valence-corrected chi connectivity index (χ3v) is 1.83. The normalized spacial score (nSPS) is 14.5. The summed E-state index contributed by atoms with van der Waals surface area (Å²) in [4.78, 5) is 10.5. The van der Waals surface area contributed by atoms with E-state index in [9.17, 15) is 13.2 Å². The molecule has 13 heavy (non-hydrogen) atoms. The van der Waals surface area contributed by atoms with Gasteiger partial charge in [0.1, 0.15) is 0 Å². The van der Waals surface area contributed by atoms with Gasteiger partial charge in [-0.3, -0.25) is 4.18 Å². The van der Waals surface area contributed by atoms with Gasteiger partial charge >= 0.3 is 5.97 Å². The molecule has 0 saturated carbocycles. The van der Waals surface area contributed by atoms with Gasteiger partial charge in [0.05, 0.1) is 6.26 Å². The summed E-state index contributed by atoms with van der Waals surface area (Å²) in [7, 11) is -3.69. The third kappa shape index (κ3) is 6.53. The lowest BCUT2D eigenvalue weighted by Gasteiger charge is -2.13. The molecule has 1 unspecified atom stereocenters. The fourth-order valence-corrected chi connectivity index (χ4v) is 1.40. The number of aliphatic carboxylic acids is 1. The lowest BCUT2D eigenvalue weighted by molar-refractivity contribution is -0.145. The fraction of sp³-hybridized carbons (Fsp3) is 0.857. The van der Waals surface area contributed by atoms with Gasteiger partial charge in [0.25, 0.3) is 10.1 Å². The van der Waals surface area contributed by atoms with Crippen molar-refractivity contribution < 1.29 is 22.5 Å². The van der Waals surface area contributed by atoms with Gasteiger partial charge in [-0.15, -0.1) is 0 Å². The van der Waals surface area contributed by atoms with Gasteiger partial charge in [0.2, 0.25) is 0 Å². The molecule has 0 amide bonds. The van der Waals surface area contributed by atoms with Crippen LogP contribution in [0.15, 0.2) is 0 Å². The zero-order valence-electron chi connectivity index (χ0n) is 7.85. The number of rotatable bonds is 5. The fourth-order valence-electron chi connectivity index (χ4n) is 0.820. The van der Waals surface area contributed by atoms with Crippen molar-refractivity contribution in [1.29, 1.82) is 0 Å². The van der Waals surface area contributed by atoms with Crippen LogP contribution in [0, 0.1) is 5.92 Å². The van der Waals surface area contributed by atoms with Crippen molar-refractivity contribution in [2.45, 2.75) is 26.4 Å². The quantitative estimate of drug-likeness (QED) is 0.667. The molecule has 0 aliphatic carbocycles. The summed E-state index contributed by atoms with van der Waals surface area (Å²) in [6.07, 6.45) is -0.249. The predicted molar refractivity (Wildman–Crippen MR) is 46.8 cm³/mol. The van der Waals surface area contributed by atoms with Gasteiger partial charge in [-0.2, -0.15) is 8.42 Å². The van der Waals surface area contributed by atoms with Crippen molar-refractivity contribution in [3.05, 3.63) is 0 Å². The molecule has 5 nitrogen and oxygen atoms in total. The highest BCUT2D eigenvalue weighted by atomic mass is 32.2. The molecule has 0 heterocycles. The Morgan fingerprint density at radius 1 is 1.46 bits per heavy atom. The number of carboxylic acid groups (broad SMARTS) is 1. The van der Waals surface area contributed by atoms with E-state index in [0.717, 1.165) is 6.26 Å². The number of carboxylic acids is 1. The zero-order valence-corrected chi connectivity index (χ0v) is 8.67. The van der Waals surface area contributed by atoms with Gasteiger partial charge in [-0.1, -0.05) is 13.8 Å². The van der Waals surface area contributed by atoms with Gasteiger partial charge in [-0.05, 0) is 12.3 Å². The monoisotopic (exact) mass is 210 g/mol. The number of hydrogen-bond acceptors (Lipinski definition) is 4.